The lowest BCUT2D eigenvalue weighted by Crippen LogP contribution is -2.49. The molecule has 1 fully saturated rings. The van der Waals surface area contributed by atoms with Gasteiger partial charge in [0.15, 0.2) is 0 Å². The van der Waals surface area contributed by atoms with E-state index in [0.717, 1.165) is 41.7 Å². The fraction of sp³-hybridized carbons (Fsp3) is 0.440. The number of benzene rings is 2. The molecule has 1 aliphatic carbocycles. The maximum atomic E-state index is 13.2. The first-order valence-corrected chi connectivity index (χ1v) is 12.3. The van der Waals surface area contributed by atoms with Crippen LogP contribution in [0.4, 0.5) is 0 Å². The van der Waals surface area contributed by atoms with Gasteiger partial charge >= 0.3 is 0 Å². The topological polar surface area (TPSA) is 49.4 Å². The van der Waals surface area contributed by atoms with Gasteiger partial charge in [-0.3, -0.25) is 9.59 Å². The smallest absolute Gasteiger partial charge is 0.242 e. The van der Waals surface area contributed by atoms with E-state index in [1.54, 1.807) is 16.7 Å². The zero-order valence-corrected chi connectivity index (χ0v) is 19.8. The Kier molecular flexibility index (Phi) is 8.85. The van der Waals surface area contributed by atoms with E-state index >= 15 is 0 Å². The number of aryl methyl sites for hydroxylation is 1. The summed E-state index contributed by atoms with van der Waals surface area (Å²) in [4.78, 5) is 28.9. The third kappa shape index (κ3) is 7.29. The van der Waals surface area contributed by atoms with Crippen molar-refractivity contribution < 1.29 is 9.59 Å². The van der Waals surface area contributed by atoms with Gasteiger partial charge in [-0.2, -0.15) is 0 Å². The summed E-state index contributed by atoms with van der Waals surface area (Å²) in [5.41, 5.74) is 2.19. The maximum Gasteiger partial charge on any atom is 0.242 e. The van der Waals surface area contributed by atoms with Gasteiger partial charge < -0.3 is 10.2 Å². The van der Waals surface area contributed by atoms with Gasteiger partial charge in [-0.25, -0.2) is 0 Å². The highest BCUT2D eigenvalue weighted by Gasteiger charge is 2.28. The van der Waals surface area contributed by atoms with E-state index in [-0.39, 0.29) is 17.9 Å². The Bertz CT molecular complexity index is 881. The van der Waals surface area contributed by atoms with Crippen LogP contribution in [0, 0.1) is 6.92 Å². The van der Waals surface area contributed by atoms with Crippen LogP contribution in [0.25, 0.3) is 0 Å². The first-order chi connectivity index (χ1) is 14.9. The highest BCUT2D eigenvalue weighted by molar-refractivity contribution is 7.99. The molecule has 4 nitrogen and oxygen atoms in total. The largest absolute Gasteiger partial charge is 0.352 e. The molecule has 0 aromatic heterocycles. The molecule has 1 atom stereocenters. The van der Waals surface area contributed by atoms with Crippen LogP contribution in [-0.2, 0) is 16.1 Å². The molecule has 0 aliphatic heterocycles. The van der Waals surface area contributed by atoms with Crippen molar-refractivity contribution in [2.24, 2.45) is 0 Å². The van der Waals surface area contributed by atoms with Gasteiger partial charge in [-0.15, -0.1) is 11.8 Å². The van der Waals surface area contributed by atoms with Crippen molar-refractivity contribution in [2.45, 2.75) is 69.5 Å². The lowest BCUT2D eigenvalue weighted by molar-refractivity contribution is -0.140. The van der Waals surface area contributed by atoms with Crippen LogP contribution < -0.4 is 5.32 Å². The summed E-state index contributed by atoms with van der Waals surface area (Å²) >= 11 is 7.57. The minimum atomic E-state index is -0.505. The molecular formula is C25H31ClN2O2S. The monoisotopic (exact) mass is 458 g/mol. The molecule has 1 aliphatic rings. The molecule has 6 heteroatoms. The van der Waals surface area contributed by atoms with Crippen LogP contribution in [0.5, 0.6) is 0 Å². The van der Waals surface area contributed by atoms with E-state index in [2.05, 4.69) is 11.4 Å². The molecule has 0 saturated heterocycles. The summed E-state index contributed by atoms with van der Waals surface area (Å²) in [5.74, 6) is 0.595. The van der Waals surface area contributed by atoms with Crippen LogP contribution in [0.3, 0.4) is 0 Å². The average molecular weight is 459 g/mol. The molecule has 2 aromatic rings. The van der Waals surface area contributed by atoms with E-state index in [9.17, 15) is 9.59 Å². The fourth-order valence-corrected chi connectivity index (χ4v) is 4.88. The highest BCUT2D eigenvalue weighted by Crippen LogP contribution is 2.22. The summed E-state index contributed by atoms with van der Waals surface area (Å²) in [6.45, 7) is 4.31. The molecule has 0 spiro atoms. The van der Waals surface area contributed by atoms with Crippen molar-refractivity contribution in [2.75, 3.05) is 5.75 Å². The number of amides is 2. The zero-order valence-electron chi connectivity index (χ0n) is 18.3. The number of nitrogens with zero attached hydrogens (tertiary/aromatic N) is 1. The molecule has 1 saturated carbocycles. The maximum absolute atomic E-state index is 13.2. The summed E-state index contributed by atoms with van der Waals surface area (Å²) in [6.07, 6.45) is 4.75. The Balaban J connectivity index is 1.65. The normalized spacial score (nSPS) is 14.9. The Morgan fingerprint density at radius 1 is 1.16 bits per heavy atom. The van der Waals surface area contributed by atoms with Gasteiger partial charge in [0.05, 0.1) is 0 Å². The Labute approximate surface area is 194 Å². The Morgan fingerprint density at radius 2 is 1.87 bits per heavy atom. The predicted octanol–water partition coefficient (Wildman–Crippen LogP) is 5.61. The van der Waals surface area contributed by atoms with E-state index in [1.807, 2.05) is 56.3 Å². The van der Waals surface area contributed by atoms with Gasteiger partial charge in [-0.1, -0.05) is 54.3 Å². The quantitative estimate of drug-likeness (QED) is 0.497. The van der Waals surface area contributed by atoms with E-state index in [1.165, 1.54) is 0 Å². The van der Waals surface area contributed by atoms with Gasteiger partial charge in [0.1, 0.15) is 6.04 Å². The second-order valence-corrected chi connectivity index (χ2v) is 9.83. The predicted molar refractivity (Wildman–Crippen MR) is 128 cm³/mol. The van der Waals surface area contributed by atoms with E-state index in [0.29, 0.717) is 23.7 Å². The average Bonchev–Trinajstić information content (AvgIpc) is 3.26. The first-order valence-electron chi connectivity index (χ1n) is 11.0. The molecular weight excluding hydrogens is 428 g/mol. The standard InChI is InChI=1S/C25H31ClN2O2S/c1-18-6-5-7-20(16-18)17-28(19(2)25(30)27-22-8-3-4-9-22)24(29)14-15-31-23-12-10-21(26)11-13-23/h5-7,10-13,16,19,22H,3-4,8-9,14-15,17H2,1-2H3,(H,27,30)/t19-/m1/s1. The minimum absolute atomic E-state index is 0.00274. The van der Waals surface area contributed by atoms with Crippen LogP contribution >= 0.6 is 23.4 Å². The molecule has 2 aromatic carbocycles. The summed E-state index contributed by atoms with van der Waals surface area (Å²) < 4.78 is 0. The number of thioether (sulfide) groups is 1. The van der Waals surface area contributed by atoms with Gasteiger partial charge in [0.2, 0.25) is 11.8 Å². The molecule has 31 heavy (non-hydrogen) atoms. The molecule has 0 heterocycles. The van der Waals surface area contributed by atoms with Crippen LogP contribution in [-0.4, -0.2) is 34.6 Å². The number of hydrogen-bond acceptors (Lipinski definition) is 3. The van der Waals surface area contributed by atoms with Crippen LogP contribution in [0.2, 0.25) is 5.02 Å². The number of nitrogens with one attached hydrogen (secondary N) is 1. The summed E-state index contributed by atoms with van der Waals surface area (Å²) in [7, 11) is 0. The summed E-state index contributed by atoms with van der Waals surface area (Å²) in [6, 6.07) is 15.5. The van der Waals surface area contributed by atoms with Crippen molar-refractivity contribution in [3.63, 3.8) is 0 Å². The molecule has 1 N–H and O–H groups in total. The molecule has 3 rings (SSSR count). The molecule has 0 unspecified atom stereocenters. The van der Waals surface area contributed by atoms with E-state index < -0.39 is 6.04 Å². The van der Waals surface area contributed by atoms with Gasteiger partial charge in [-0.05, 0) is 56.5 Å². The number of hydrogen-bond donors (Lipinski definition) is 1. The van der Waals surface area contributed by atoms with Gasteiger partial charge in [0, 0.05) is 34.7 Å². The number of rotatable bonds is 9. The zero-order chi connectivity index (χ0) is 22.2. The first kappa shape index (κ1) is 23.7. The lowest BCUT2D eigenvalue weighted by atomic mass is 10.1. The summed E-state index contributed by atoms with van der Waals surface area (Å²) in [5, 5.41) is 3.85. The van der Waals surface area contributed by atoms with Crippen molar-refractivity contribution >= 4 is 35.2 Å². The van der Waals surface area contributed by atoms with E-state index in [4.69, 9.17) is 11.6 Å². The Morgan fingerprint density at radius 3 is 2.55 bits per heavy atom. The molecule has 0 bridgehead atoms. The molecule has 0 radical (unpaired) electrons. The third-order valence-corrected chi connectivity index (χ3v) is 6.97. The van der Waals surface area contributed by atoms with Crippen molar-refractivity contribution in [3.05, 3.63) is 64.7 Å². The fourth-order valence-electron chi connectivity index (χ4n) is 3.91. The number of carbonyl (C=O) groups excluding carboxylic acids is 2. The van der Waals surface area contributed by atoms with Crippen molar-refractivity contribution in [1.29, 1.82) is 0 Å². The van der Waals surface area contributed by atoms with Crippen molar-refractivity contribution in [3.8, 4) is 0 Å². The molecule has 2 amide bonds. The molecule has 166 valence electrons. The third-order valence-electron chi connectivity index (χ3n) is 5.70. The Hall–Kier alpha value is -1.98. The highest BCUT2D eigenvalue weighted by atomic mass is 35.5. The lowest BCUT2D eigenvalue weighted by Gasteiger charge is -2.30. The van der Waals surface area contributed by atoms with Crippen LogP contribution in [0.15, 0.2) is 53.4 Å². The van der Waals surface area contributed by atoms with Crippen molar-refractivity contribution in [1.82, 2.24) is 10.2 Å². The second-order valence-electron chi connectivity index (χ2n) is 8.23. The minimum Gasteiger partial charge on any atom is -0.352 e. The second kappa shape index (κ2) is 11.6. The van der Waals surface area contributed by atoms with Crippen LogP contribution in [0.1, 0.15) is 50.2 Å². The van der Waals surface area contributed by atoms with Gasteiger partial charge in [0.25, 0.3) is 0 Å². The number of halogens is 1. The number of carbonyl (C=O) groups is 2. The SMILES string of the molecule is Cc1cccc(CN(C(=O)CCSc2ccc(Cl)cc2)[C@H](C)C(=O)NC2CCCC2)c1.